The van der Waals surface area contributed by atoms with Gasteiger partial charge < -0.3 is 20.3 Å². The highest BCUT2D eigenvalue weighted by Crippen LogP contribution is 2.41. The molecule has 2 saturated heterocycles. The number of carbonyl (C=O) groups excluding carboxylic acids is 1. The molecule has 2 heterocycles. The van der Waals surface area contributed by atoms with Crippen molar-refractivity contribution in [2.75, 3.05) is 49.5 Å². The molecule has 6 nitrogen and oxygen atoms in total. The minimum atomic E-state index is -0.233. The normalized spacial score (nSPS) is 24.2. The number of likely N-dealkylation sites (tertiary alicyclic amines) is 1. The van der Waals surface area contributed by atoms with Gasteiger partial charge in [-0.2, -0.15) is 0 Å². The van der Waals surface area contributed by atoms with Crippen LogP contribution in [0.5, 0.6) is 0 Å². The number of anilines is 2. The fourth-order valence-corrected chi connectivity index (χ4v) is 5.13. The molecule has 3 aliphatic rings. The topological polar surface area (TPSA) is 56.8 Å². The quantitative estimate of drug-likeness (QED) is 0.625. The van der Waals surface area contributed by atoms with Crippen LogP contribution >= 0.6 is 0 Å². The first-order valence-electron chi connectivity index (χ1n) is 12.6. The van der Waals surface area contributed by atoms with Crippen molar-refractivity contribution in [2.45, 2.75) is 50.1 Å². The molecular weight excluding hydrogens is 412 g/mol. The Balaban J connectivity index is 0.997. The minimum Gasteiger partial charge on any atom is -0.449 e. The van der Waals surface area contributed by atoms with Gasteiger partial charge in [0.25, 0.3) is 0 Å². The minimum absolute atomic E-state index is 0.233. The molecule has 0 unspecified atom stereocenters. The van der Waals surface area contributed by atoms with Crippen LogP contribution in [-0.2, 0) is 4.74 Å². The zero-order valence-corrected chi connectivity index (χ0v) is 19.4. The Labute approximate surface area is 197 Å². The Hall–Kier alpha value is -2.57. The molecule has 5 rings (SSSR count). The first-order valence-corrected chi connectivity index (χ1v) is 12.6. The number of rotatable bonds is 8. The second kappa shape index (κ2) is 10.6. The van der Waals surface area contributed by atoms with Gasteiger partial charge in [0.2, 0.25) is 0 Å². The van der Waals surface area contributed by atoms with E-state index in [0.29, 0.717) is 24.6 Å². The molecule has 0 spiro atoms. The zero-order chi connectivity index (χ0) is 22.5. The van der Waals surface area contributed by atoms with Gasteiger partial charge in [0.15, 0.2) is 0 Å². The third-order valence-electron chi connectivity index (χ3n) is 7.21. The molecule has 2 aromatic rings. The Kier molecular flexibility index (Phi) is 7.12. The van der Waals surface area contributed by atoms with Crippen LogP contribution in [0.15, 0.2) is 54.6 Å². The highest BCUT2D eigenvalue weighted by Gasteiger charge is 2.39. The average molecular weight is 449 g/mol. The number of nitrogens with zero attached hydrogens (tertiary/aromatic N) is 2. The lowest BCUT2D eigenvalue weighted by atomic mass is 10.0. The second-order valence-corrected chi connectivity index (χ2v) is 9.59. The molecule has 2 atom stereocenters. The molecule has 2 aliphatic heterocycles. The predicted octanol–water partition coefficient (Wildman–Crippen LogP) is 4.45. The number of hydrogen-bond acceptors (Lipinski definition) is 5. The van der Waals surface area contributed by atoms with Crippen LogP contribution in [0.1, 0.15) is 43.6 Å². The Morgan fingerprint density at radius 2 is 1.73 bits per heavy atom. The molecule has 2 N–H and O–H groups in total. The lowest BCUT2D eigenvalue weighted by Gasteiger charge is -2.32. The van der Waals surface area contributed by atoms with E-state index >= 15 is 0 Å². The number of carbonyl (C=O) groups is 1. The van der Waals surface area contributed by atoms with Crippen LogP contribution < -0.4 is 15.5 Å². The zero-order valence-electron chi connectivity index (χ0n) is 19.4. The van der Waals surface area contributed by atoms with Gasteiger partial charge in [0.1, 0.15) is 0 Å². The van der Waals surface area contributed by atoms with Gasteiger partial charge in [-0.05, 0) is 75.0 Å². The van der Waals surface area contributed by atoms with E-state index in [9.17, 15) is 4.79 Å². The summed E-state index contributed by atoms with van der Waals surface area (Å²) in [6.45, 7) is 5.57. The van der Waals surface area contributed by atoms with Crippen molar-refractivity contribution in [3.63, 3.8) is 0 Å². The van der Waals surface area contributed by atoms with Crippen molar-refractivity contribution in [2.24, 2.45) is 0 Å². The largest absolute Gasteiger partial charge is 0.449 e. The van der Waals surface area contributed by atoms with Crippen molar-refractivity contribution in [3.05, 3.63) is 60.2 Å². The number of hydrogen-bond donors (Lipinski definition) is 2. The molecule has 1 aliphatic carbocycles. The summed E-state index contributed by atoms with van der Waals surface area (Å²) in [5.74, 6) is 0.713. The van der Waals surface area contributed by atoms with E-state index in [2.05, 4.69) is 58.0 Å². The highest BCUT2D eigenvalue weighted by molar-refractivity contribution is 5.88. The highest BCUT2D eigenvalue weighted by atomic mass is 16.6. The number of piperidine rings is 1. The molecule has 0 radical (unpaired) electrons. The van der Waals surface area contributed by atoms with Gasteiger partial charge in [-0.1, -0.05) is 30.3 Å². The number of nitrogens with one attached hydrogen (secondary N) is 2. The van der Waals surface area contributed by atoms with Gasteiger partial charge in [0.05, 0.1) is 6.61 Å². The molecule has 33 heavy (non-hydrogen) atoms. The lowest BCUT2D eigenvalue weighted by Crippen LogP contribution is -2.44. The van der Waals surface area contributed by atoms with E-state index in [4.69, 9.17) is 4.74 Å². The second-order valence-electron chi connectivity index (χ2n) is 9.59. The van der Waals surface area contributed by atoms with Crippen LogP contribution in [0, 0.1) is 0 Å². The van der Waals surface area contributed by atoms with E-state index in [1.54, 1.807) is 4.90 Å². The Morgan fingerprint density at radius 1 is 0.939 bits per heavy atom. The molecule has 3 fully saturated rings. The van der Waals surface area contributed by atoms with Crippen molar-refractivity contribution in [1.29, 1.82) is 0 Å². The summed E-state index contributed by atoms with van der Waals surface area (Å²) in [4.78, 5) is 16.4. The van der Waals surface area contributed by atoms with Crippen LogP contribution in [-0.4, -0.2) is 62.4 Å². The summed E-state index contributed by atoms with van der Waals surface area (Å²) < 4.78 is 5.25. The molecule has 1 saturated carbocycles. The summed E-state index contributed by atoms with van der Waals surface area (Å²) in [7, 11) is 0. The molecule has 0 bridgehead atoms. The smallest absolute Gasteiger partial charge is 0.414 e. The molecule has 1 amide bonds. The maximum atomic E-state index is 12.1. The summed E-state index contributed by atoms with van der Waals surface area (Å²) >= 11 is 0. The van der Waals surface area contributed by atoms with Crippen molar-refractivity contribution in [1.82, 2.24) is 10.2 Å². The first-order chi connectivity index (χ1) is 16.3. The van der Waals surface area contributed by atoms with Gasteiger partial charge >= 0.3 is 6.09 Å². The van der Waals surface area contributed by atoms with E-state index in [1.807, 2.05) is 12.1 Å². The number of ether oxygens (including phenoxy) is 1. The van der Waals surface area contributed by atoms with Gasteiger partial charge in [-0.15, -0.1) is 0 Å². The van der Waals surface area contributed by atoms with E-state index in [1.165, 1.54) is 24.8 Å². The standard InChI is InChI=1S/C27H36N4O2/c32-27-31(15-4-5-19-33-27)24-10-8-22(9-11-24)28-14-18-30-16-12-23(13-17-30)29-26-20-25(26)21-6-2-1-3-7-21/h1-3,6-11,23,25-26,28-29H,4-5,12-20H2/t25-,26+/m0/s1. The predicted molar refractivity (Wildman–Crippen MR) is 133 cm³/mol. The molecule has 6 heteroatoms. The van der Waals surface area contributed by atoms with Gasteiger partial charge in [-0.25, -0.2) is 4.79 Å². The van der Waals surface area contributed by atoms with Gasteiger partial charge in [0, 0.05) is 49.0 Å². The maximum Gasteiger partial charge on any atom is 0.414 e. The number of amides is 1. The fourth-order valence-electron chi connectivity index (χ4n) is 5.13. The number of cyclic esters (lactones) is 1. The third-order valence-corrected chi connectivity index (χ3v) is 7.21. The van der Waals surface area contributed by atoms with Crippen LogP contribution in [0.2, 0.25) is 0 Å². The first kappa shape index (κ1) is 22.2. The summed E-state index contributed by atoms with van der Waals surface area (Å²) in [5, 5.41) is 7.44. The van der Waals surface area contributed by atoms with Gasteiger partial charge in [-0.3, -0.25) is 4.90 Å². The van der Waals surface area contributed by atoms with E-state index < -0.39 is 0 Å². The van der Waals surface area contributed by atoms with Crippen molar-refractivity contribution < 1.29 is 9.53 Å². The van der Waals surface area contributed by atoms with Crippen LogP contribution in [0.4, 0.5) is 16.2 Å². The Bertz CT molecular complexity index is 896. The maximum absolute atomic E-state index is 12.1. The molecule has 2 aromatic carbocycles. The number of benzene rings is 2. The lowest BCUT2D eigenvalue weighted by molar-refractivity contribution is 0.159. The van der Waals surface area contributed by atoms with Crippen molar-refractivity contribution >= 4 is 17.5 Å². The van der Waals surface area contributed by atoms with E-state index in [-0.39, 0.29) is 6.09 Å². The molecular formula is C27H36N4O2. The van der Waals surface area contributed by atoms with Crippen molar-refractivity contribution in [3.8, 4) is 0 Å². The summed E-state index contributed by atoms with van der Waals surface area (Å²) in [6, 6.07) is 20.4. The SMILES string of the molecule is O=C1OCCCCN1c1ccc(NCCN2CCC(N[C@@H]3C[C@H]3c3ccccc3)CC2)cc1. The molecule has 0 aromatic heterocycles. The fraction of sp³-hybridized carbons (Fsp3) is 0.519. The third kappa shape index (κ3) is 5.87. The summed E-state index contributed by atoms with van der Waals surface area (Å²) in [6.07, 6.45) is 5.43. The van der Waals surface area contributed by atoms with E-state index in [0.717, 1.165) is 56.9 Å². The molecule has 176 valence electrons. The average Bonchev–Trinajstić information content (AvgIpc) is 3.65. The monoisotopic (exact) mass is 448 g/mol. The van der Waals surface area contributed by atoms with Crippen LogP contribution in [0.25, 0.3) is 0 Å². The van der Waals surface area contributed by atoms with Crippen LogP contribution in [0.3, 0.4) is 0 Å². The summed E-state index contributed by atoms with van der Waals surface area (Å²) in [5.41, 5.74) is 3.49. The Morgan fingerprint density at radius 3 is 2.52 bits per heavy atom.